The predicted octanol–water partition coefficient (Wildman–Crippen LogP) is 3.07. The van der Waals surface area contributed by atoms with E-state index in [1.54, 1.807) is 4.90 Å². The fourth-order valence-corrected chi connectivity index (χ4v) is 4.77. The molecule has 164 valence electrons. The zero-order chi connectivity index (χ0) is 21.0. The molecule has 3 aliphatic rings. The number of carbonyl (C=O) groups excluding carboxylic acids is 3. The maximum atomic E-state index is 13.5. The van der Waals surface area contributed by atoms with Gasteiger partial charge in [-0.1, -0.05) is 46.5 Å². The van der Waals surface area contributed by atoms with Crippen LogP contribution in [0.3, 0.4) is 0 Å². The minimum atomic E-state index is -0.560. The number of ether oxygens (including phenoxy) is 2. The van der Waals surface area contributed by atoms with Crippen molar-refractivity contribution in [1.29, 1.82) is 0 Å². The summed E-state index contributed by atoms with van der Waals surface area (Å²) in [5.41, 5.74) is 0. The highest BCUT2D eigenvalue weighted by Crippen LogP contribution is 2.35. The van der Waals surface area contributed by atoms with E-state index < -0.39 is 12.0 Å². The van der Waals surface area contributed by atoms with Gasteiger partial charge in [0.2, 0.25) is 11.8 Å². The lowest BCUT2D eigenvalue weighted by Gasteiger charge is -2.33. The van der Waals surface area contributed by atoms with E-state index in [0.29, 0.717) is 38.6 Å². The Morgan fingerprint density at radius 1 is 1.10 bits per heavy atom. The van der Waals surface area contributed by atoms with Gasteiger partial charge in [-0.3, -0.25) is 9.59 Å². The molecule has 0 N–H and O–H groups in total. The van der Waals surface area contributed by atoms with Crippen molar-refractivity contribution in [2.75, 3.05) is 32.9 Å². The van der Waals surface area contributed by atoms with Crippen molar-refractivity contribution >= 4 is 17.9 Å². The molecule has 7 nitrogen and oxygen atoms in total. The highest BCUT2D eigenvalue weighted by atomic mass is 16.6. The van der Waals surface area contributed by atoms with Crippen LogP contribution >= 0.6 is 0 Å². The molecular formula is C22H36N2O5. The number of cyclic esters (lactones) is 1. The molecule has 3 amide bonds. The first-order chi connectivity index (χ1) is 13.9. The minimum absolute atomic E-state index is 0.00973. The maximum Gasteiger partial charge on any atom is 0.416 e. The molecule has 2 saturated heterocycles. The van der Waals surface area contributed by atoms with Crippen molar-refractivity contribution < 1.29 is 23.9 Å². The van der Waals surface area contributed by atoms with Gasteiger partial charge in [-0.05, 0) is 24.2 Å². The Hall–Kier alpha value is -1.63. The van der Waals surface area contributed by atoms with Crippen molar-refractivity contribution in [3.05, 3.63) is 0 Å². The predicted molar refractivity (Wildman–Crippen MR) is 108 cm³/mol. The van der Waals surface area contributed by atoms with Gasteiger partial charge in [0.05, 0.1) is 19.3 Å². The minimum Gasteiger partial charge on any atom is -0.447 e. The lowest BCUT2D eigenvalue weighted by Crippen LogP contribution is -2.47. The van der Waals surface area contributed by atoms with Crippen molar-refractivity contribution in [3.63, 3.8) is 0 Å². The molecular weight excluding hydrogens is 372 g/mol. The van der Waals surface area contributed by atoms with Crippen LogP contribution in [-0.2, 0) is 19.1 Å². The number of rotatable bonds is 6. The molecule has 1 aliphatic carbocycles. The van der Waals surface area contributed by atoms with Gasteiger partial charge in [-0.15, -0.1) is 0 Å². The van der Waals surface area contributed by atoms with E-state index in [0.717, 1.165) is 18.8 Å². The van der Waals surface area contributed by atoms with Gasteiger partial charge >= 0.3 is 6.09 Å². The lowest BCUT2D eigenvalue weighted by atomic mass is 9.77. The number of amides is 3. The highest BCUT2D eigenvalue weighted by molar-refractivity contribution is 5.96. The maximum absolute atomic E-state index is 13.5. The van der Waals surface area contributed by atoms with Crippen LogP contribution in [0.2, 0.25) is 0 Å². The van der Waals surface area contributed by atoms with Crippen LogP contribution in [0.1, 0.15) is 59.3 Å². The number of hydrogen-bond donors (Lipinski definition) is 0. The SMILES string of the molecule is CC1CCC(CC(CC(=O)N2CCOCC2)C(=O)N2C(=O)OCC2C(C)C)CC1. The van der Waals surface area contributed by atoms with Gasteiger partial charge in [0, 0.05) is 25.4 Å². The Bertz CT molecular complexity index is 594. The third-order valence-electron chi connectivity index (χ3n) is 6.80. The number of morpholine rings is 1. The molecule has 0 bridgehead atoms. The third kappa shape index (κ3) is 5.50. The average molecular weight is 409 g/mol. The van der Waals surface area contributed by atoms with Gasteiger partial charge in [0.1, 0.15) is 6.61 Å². The van der Waals surface area contributed by atoms with Crippen LogP contribution < -0.4 is 0 Å². The fourth-order valence-electron chi connectivity index (χ4n) is 4.77. The molecule has 0 aromatic carbocycles. The molecule has 2 atom stereocenters. The Balaban J connectivity index is 1.72. The summed E-state index contributed by atoms with van der Waals surface area (Å²) in [5.74, 6) is 0.589. The summed E-state index contributed by atoms with van der Waals surface area (Å²) in [7, 11) is 0. The number of carbonyl (C=O) groups is 3. The van der Waals surface area contributed by atoms with E-state index in [1.165, 1.54) is 17.7 Å². The summed E-state index contributed by atoms with van der Waals surface area (Å²) >= 11 is 0. The van der Waals surface area contributed by atoms with Crippen LogP contribution in [0.25, 0.3) is 0 Å². The summed E-state index contributed by atoms with van der Waals surface area (Å²) in [5, 5.41) is 0. The summed E-state index contributed by atoms with van der Waals surface area (Å²) in [4.78, 5) is 41.8. The van der Waals surface area contributed by atoms with E-state index in [4.69, 9.17) is 9.47 Å². The standard InChI is InChI=1S/C22H36N2O5/c1-15(2)19-14-29-22(27)24(19)21(26)18(12-17-6-4-16(3)5-7-17)13-20(25)23-8-10-28-11-9-23/h15-19H,4-14H2,1-3H3. The van der Waals surface area contributed by atoms with E-state index in [9.17, 15) is 14.4 Å². The molecule has 0 aromatic heterocycles. The lowest BCUT2D eigenvalue weighted by molar-refractivity contribution is -0.143. The largest absolute Gasteiger partial charge is 0.447 e. The molecule has 3 fully saturated rings. The first-order valence-electron chi connectivity index (χ1n) is 11.2. The summed E-state index contributed by atoms with van der Waals surface area (Å²) in [6, 6.07) is -0.248. The normalized spacial score (nSPS) is 29.1. The Labute approximate surface area is 174 Å². The molecule has 0 spiro atoms. The van der Waals surface area contributed by atoms with Crippen molar-refractivity contribution in [3.8, 4) is 0 Å². The quantitative estimate of drug-likeness (QED) is 0.675. The molecule has 29 heavy (non-hydrogen) atoms. The van der Waals surface area contributed by atoms with Gasteiger partial charge in [0.25, 0.3) is 0 Å². The molecule has 7 heteroatoms. The van der Waals surface area contributed by atoms with Crippen LogP contribution in [0.4, 0.5) is 4.79 Å². The topological polar surface area (TPSA) is 76.2 Å². The molecule has 2 aliphatic heterocycles. The van der Waals surface area contributed by atoms with Crippen LogP contribution in [-0.4, -0.2) is 66.7 Å². The van der Waals surface area contributed by atoms with Crippen molar-refractivity contribution in [2.45, 2.75) is 65.3 Å². The van der Waals surface area contributed by atoms with Crippen LogP contribution in [0.5, 0.6) is 0 Å². The second-order valence-corrected chi connectivity index (χ2v) is 9.35. The highest BCUT2D eigenvalue weighted by Gasteiger charge is 2.43. The number of nitrogens with zero attached hydrogens (tertiary/aromatic N) is 2. The smallest absolute Gasteiger partial charge is 0.416 e. The molecule has 2 unspecified atom stereocenters. The number of hydrogen-bond acceptors (Lipinski definition) is 5. The van der Waals surface area contributed by atoms with Crippen molar-refractivity contribution in [2.24, 2.45) is 23.7 Å². The van der Waals surface area contributed by atoms with E-state index in [2.05, 4.69) is 6.92 Å². The van der Waals surface area contributed by atoms with Gasteiger partial charge in [-0.25, -0.2) is 9.69 Å². The zero-order valence-electron chi connectivity index (χ0n) is 18.1. The van der Waals surface area contributed by atoms with E-state index >= 15 is 0 Å². The van der Waals surface area contributed by atoms with Crippen molar-refractivity contribution in [1.82, 2.24) is 9.80 Å². The second kappa shape index (κ2) is 9.92. The third-order valence-corrected chi connectivity index (χ3v) is 6.80. The molecule has 3 rings (SSSR count). The summed E-state index contributed by atoms with van der Waals surface area (Å²) in [6.07, 6.45) is 4.81. The van der Waals surface area contributed by atoms with E-state index in [1.807, 2.05) is 13.8 Å². The first-order valence-corrected chi connectivity index (χ1v) is 11.2. The zero-order valence-corrected chi connectivity index (χ0v) is 18.1. The summed E-state index contributed by atoms with van der Waals surface area (Å²) < 4.78 is 10.5. The van der Waals surface area contributed by atoms with Gasteiger partial charge in [0.15, 0.2) is 0 Å². The number of imide groups is 1. The molecule has 0 aromatic rings. The van der Waals surface area contributed by atoms with Gasteiger partial charge in [-0.2, -0.15) is 0 Å². The Morgan fingerprint density at radius 3 is 2.38 bits per heavy atom. The molecule has 0 radical (unpaired) electrons. The molecule has 1 saturated carbocycles. The Morgan fingerprint density at radius 2 is 1.76 bits per heavy atom. The fraction of sp³-hybridized carbons (Fsp3) is 0.864. The Kier molecular flexibility index (Phi) is 7.55. The first kappa shape index (κ1) is 22.1. The van der Waals surface area contributed by atoms with Gasteiger partial charge < -0.3 is 14.4 Å². The monoisotopic (exact) mass is 408 g/mol. The van der Waals surface area contributed by atoms with Crippen LogP contribution in [0, 0.1) is 23.7 Å². The van der Waals surface area contributed by atoms with Crippen LogP contribution in [0.15, 0.2) is 0 Å². The molecule has 2 heterocycles. The summed E-state index contributed by atoms with van der Waals surface area (Å²) in [6.45, 7) is 8.72. The van der Waals surface area contributed by atoms with E-state index in [-0.39, 0.29) is 36.8 Å². The second-order valence-electron chi connectivity index (χ2n) is 9.35. The average Bonchev–Trinajstić information content (AvgIpc) is 3.11.